The van der Waals surface area contributed by atoms with Gasteiger partial charge in [0, 0.05) is 13.1 Å². The Balaban J connectivity index is 0. The fourth-order valence-corrected chi connectivity index (χ4v) is 2.89. The van der Waals surface area contributed by atoms with Gasteiger partial charge in [-0.25, -0.2) is 0 Å². The Kier molecular flexibility index (Phi) is 14.6. The molecule has 0 saturated carbocycles. The van der Waals surface area contributed by atoms with Gasteiger partial charge in [-0.3, -0.25) is 0 Å². The minimum atomic E-state index is -2.19. The molecule has 0 aromatic carbocycles. The van der Waals surface area contributed by atoms with Crippen LogP contribution in [0.1, 0.15) is 12.1 Å². The number of aliphatic carboxylic acids is 2. The number of carboxylic acid groups (broad SMARTS) is 2. The summed E-state index contributed by atoms with van der Waals surface area (Å²) in [5.74, 6) is -4.37. The molecule has 1 aliphatic heterocycles. The van der Waals surface area contributed by atoms with Crippen molar-refractivity contribution in [2.75, 3.05) is 26.4 Å². The first-order chi connectivity index (χ1) is 9.45. The molecule has 1 aromatic heterocycles. The van der Waals surface area contributed by atoms with Crippen LogP contribution in [0, 0.1) is 0 Å². The first-order valence-corrected chi connectivity index (χ1v) is 7.58. The molecule has 1 aliphatic rings. The van der Waals surface area contributed by atoms with E-state index >= 15 is 0 Å². The molecule has 0 spiro atoms. The standard InChI is InChI=1S/C9H13N3S2.C2H2O4.2Na/c1-12-5-3-4-7(6-12)8-9(13-2)11-14-10-8;3-1(4)2(5)6;;/h4H,3,5-6H2,1-2H3;(H,3,4)(H,5,6);;/q;;2*+1/p-2. The van der Waals surface area contributed by atoms with E-state index in [2.05, 4.69) is 26.8 Å². The van der Waals surface area contributed by atoms with Crippen LogP contribution in [0.15, 0.2) is 11.1 Å². The van der Waals surface area contributed by atoms with Gasteiger partial charge in [0.2, 0.25) is 0 Å². The van der Waals surface area contributed by atoms with Crippen molar-refractivity contribution in [1.82, 2.24) is 13.6 Å². The molecule has 11 heteroatoms. The molecule has 2 rings (SSSR count). The molecule has 0 fully saturated rings. The van der Waals surface area contributed by atoms with Crippen LogP contribution in [0.5, 0.6) is 0 Å². The van der Waals surface area contributed by atoms with Crippen LogP contribution in [0.2, 0.25) is 0 Å². The number of aromatic nitrogens is 2. The first-order valence-electron chi connectivity index (χ1n) is 5.62. The summed E-state index contributed by atoms with van der Waals surface area (Å²) in [6, 6.07) is 0. The predicted molar refractivity (Wildman–Crippen MR) is 71.8 cm³/mol. The van der Waals surface area contributed by atoms with Crippen molar-refractivity contribution in [2.45, 2.75) is 11.4 Å². The van der Waals surface area contributed by atoms with Crippen LogP contribution >= 0.6 is 23.5 Å². The number of thioether (sulfide) groups is 1. The van der Waals surface area contributed by atoms with Crippen molar-refractivity contribution in [3.05, 3.63) is 11.8 Å². The maximum absolute atomic E-state index is 8.93. The quantitative estimate of drug-likeness (QED) is 0.290. The fourth-order valence-electron chi connectivity index (χ4n) is 1.58. The van der Waals surface area contributed by atoms with Gasteiger partial charge in [0.15, 0.2) is 0 Å². The Morgan fingerprint density at radius 1 is 1.27 bits per heavy atom. The molecule has 0 aliphatic carbocycles. The Labute approximate surface area is 181 Å². The van der Waals surface area contributed by atoms with Gasteiger partial charge >= 0.3 is 59.1 Å². The Bertz CT molecular complexity index is 513. The van der Waals surface area contributed by atoms with Gasteiger partial charge in [0.1, 0.15) is 10.7 Å². The van der Waals surface area contributed by atoms with Crippen LogP contribution < -0.4 is 69.3 Å². The Hall–Kier alpha value is 0.550. The third-order valence-electron chi connectivity index (χ3n) is 2.46. The van der Waals surface area contributed by atoms with Gasteiger partial charge in [-0.15, -0.1) is 11.8 Å². The van der Waals surface area contributed by atoms with E-state index in [0.717, 1.165) is 30.2 Å². The first kappa shape index (κ1) is 24.8. The van der Waals surface area contributed by atoms with Crippen LogP contribution in [0.4, 0.5) is 0 Å². The molecule has 7 nitrogen and oxygen atoms in total. The average molecular weight is 361 g/mol. The Morgan fingerprint density at radius 3 is 2.32 bits per heavy atom. The molecular formula is C11H13N3Na2O4S2. The molecule has 0 radical (unpaired) electrons. The zero-order valence-corrected chi connectivity index (χ0v) is 18.6. The third kappa shape index (κ3) is 8.42. The number of nitrogens with zero attached hydrogens (tertiary/aromatic N) is 3. The van der Waals surface area contributed by atoms with Crippen molar-refractivity contribution in [3.8, 4) is 0 Å². The second kappa shape index (κ2) is 12.9. The largest absolute Gasteiger partial charge is 1.00 e. The second-order valence-electron chi connectivity index (χ2n) is 3.95. The van der Waals surface area contributed by atoms with Crippen molar-refractivity contribution in [1.29, 1.82) is 0 Å². The summed E-state index contributed by atoms with van der Waals surface area (Å²) in [5, 5.41) is 18.9. The smallest absolute Gasteiger partial charge is 0.543 e. The van der Waals surface area contributed by atoms with E-state index in [1.165, 1.54) is 17.3 Å². The predicted octanol–water partition coefficient (Wildman–Crippen LogP) is -7.53. The molecule has 0 saturated heterocycles. The fraction of sp³-hybridized carbons (Fsp3) is 0.455. The van der Waals surface area contributed by atoms with E-state index in [1.54, 1.807) is 11.8 Å². The number of carbonyl (C=O) groups is 2. The SMILES string of the molecule is CSc1nsnc1C1=CCCN(C)C1.O=C([O-])C(=O)[O-].[Na+].[Na+]. The van der Waals surface area contributed by atoms with E-state index in [9.17, 15) is 0 Å². The number of likely N-dealkylation sites (N-methyl/N-ethyl adjacent to an activating group) is 1. The van der Waals surface area contributed by atoms with Gasteiger partial charge in [0.25, 0.3) is 0 Å². The summed E-state index contributed by atoms with van der Waals surface area (Å²) >= 11 is 2.98. The van der Waals surface area contributed by atoms with Gasteiger partial charge in [-0.05, 0) is 25.3 Å². The monoisotopic (exact) mass is 361 g/mol. The summed E-state index contributed by atoms with van der Waals surface area (Å²) in [5.41, 5.74) is 2.42. The molecule has 0 bridgehead atoms. The second-order valence-corrected chi connectivity index (χ2v) is 5.28. The van der Waals surface area contributed by atoms with Crippen LogP contribution in [-0.4, -0.2) is 52.0 Å². The Morgan fingerprint density at radius 2 is 1.86 bits per heavy atom. The molecule has 22 heavy (non-hydrogen) atoms. The molecule has 1 aromatic rings. The van der Waals surface area contributed by atoms with E-state index in [-0.39, 0.29) is 59.1 Å². The van der Waals surface area contributed by atoms with Crippen molar-refractivity contribution in [3.63, 3.8) is 0 Å². The van der Waals surface area contributed by atoms with E-state index in [0.29, 0.717) is 0 Å². The number of hydrogen-bond acceptors (Lipinski definition) is 9. The van der Waals surface area contributed by atoms with E-state index < -0.39 is 11.9 Å². The number of carbonyl (C=O) groups excluding carboxylic acids is 2. The summed E-state index contributed by atoms with van der Waals surface area (Å²) in [7, 11) is 2.14. The molecule has 0 unspecified atom stereocenters. The maximum atomic E-state index is 8.93. The van der Waals surface area contributed by atoms with Gasteiger partial charge in [0.05, 0.1) is 23.7 Å². The van der Waals surface area contributed by atoms with Gasteiger partial charge in [-0.2, -0.15) is 8.75 Å². The van der Waals surface area contributed by atoms with Crippen LogP contribution in [0.25, 0.3) is 5.57 Å². The zero-order chi connectivity index (χ0) is 15.1. The van der Waals surface area contributed by atoms with Crippen molar-refractivity contribution in [2.24, 2.45) is 0 Å². The molecule has 2 heterocycles. The van der Waals surface area contributed by atoms with Crippen LogP contribution in [0.3, 0.4) is 0 Å². The zero-order valence-electron chi connectivity index (χ0n) is 13.0. The third-order valence-corrected chi connectivity index (χ3v) is 3.78. The van der Waals surface area contributed by atoms with E-state index in [1.807, 2.05) is 6.26 Å². The van der Waals surface area contributed by atoms with Crippen LogP contribution in [-0.2, 0) is 9.59 Å². The topological polar surface area (TPSA) is 109 Å². The number of rotatable bonds is 2. The minimum Gasteiger partial charge on any atom is -0.543 e. The summed E-state index contributed by atoms with van der Waals surface area (Å²) in [6.07, 6.45) is 5.46. The molecule has 110 valence electrons. The maximum Gasteiger partial charge on any atom is 1.00 e. The summed E-state index contributed by atoms with van der Waals surface area (Å²) in [4.78, 5) is 20.2. The number of carboxylic acids is 2. The summed E-state index contributed by atoms with van der Waals surface area (Å²) < 4.78 is 8.63. The number of hydrogen-bond donors (Lipinski definition) is 0. The van der Waals surface area contributed by atoms with Crippen molar-refractivity contribution >= 4 is 41.0 Å². The molecule has 0 N–H and O–H groups in total. The normalized spacial score (nSPS) is 13.6. The molecule has 0 atom stereocenters. The molecular weight excluding hydrogens is 348 g/mol. The summed E-state index contributed by atoms with van der Waals surface area (Å²) in [6.45, 7) is 2.15. The minimum absolute atomic E-state index is 0. The van der Waals surface area contributed by atoms with Crippen molar-refractivity contribution < 1.29 is 78.9 Å². The van der Waals surface area contributed by atoms with Gasteiger partial charge < -0.3 is 24.7 Å². The average Bonchev–Trinajstić information content (AvgIpc) is 2.87. The molecule has 0 amide bonds. The van der Waals surface area contributed by atoms with E-state index in [4.69, 9.17) is 19.8 Å². The van der Waals surface area contributed by atoms with Gasteiger partial charge in [-0.1, -0.05) is 6.08 Å².